The molecule has 0 aliphatic carbocycles. The Morgan fingerprint density at radius 2 is 2.14 bits per heavy atom. The highest BCUT2D eigenvalue weighted by Gasteiger charge is 2.12. The number of hydrogen-bond donors (Lipinski definition) is 1. The van der Waals surface area contributed by atoms with Crippen molar-refractivity contribution in [1.29, 1.82) is 0 Å². The van der Waals surface area contributed by atoms with Crippen molar-refractivity contribution in [1.82, 2.24) is 15.5 Å². The fraction of sp³-hybridized carbons (Fsp3) is 0.467. The molecule has 0 unspecified atom stereocenters. The largest absolute Gasteiger partial charge is 0.497 e. The van der Waals surface area contributed by atoms with Crippen LogP contribution in [0.2, 0.25) is 0 Å². The van der Waals surface area contributed by atoms with Crippen LogP contribution in [0.3, 0.4) is 0 Å². The van der Waals surface area contributed by atoms with E-state index in [1.165, 1.54) is 0 Å². The highest BCUT2D eigenvalue weighted by molar-refractivity contribution is 9.10. The van der Waals surface area contributed by atoms with Gasteiger partial charge in [0.15, 0.2) is 0 Å². The summed E-state index contributed by atoms with van der Waals surface area (Å²) in [7, 11) is 1.63. The molecule has 1 aromatic heterocycles. The van der Waals surface area contributed by atoms with E-state index in [2.05, 4.69) is 38.4 Å². The van der Waals surface area contributed by atoms with Crippen molar-refractivity contribution in [2.45, 2.75) is 26.2 Å². The van der Waals surface area contributed by atoms with E-state index in [9.17, 15) is 0 Å². The van der Waals surface area contributed by atoms with Crippen LogP contribution in [-0.2, 0) is 6.42 Å². The molecular formula is C15H20BrN3O2. The van der Waals surface area contributed by atoms with Crippen LogP contribution >= 0.6 is 15.9 Å². The van der Waals surface area contributed by atoms with Gasteiger partial charge in [-0.3, -0.25) is 0 Å². The minimum atomic E-state index is 0.511. The molecule has 0 saturated carbocycles. The van der Waals surface area contributed by atoms with Crippen LogP contribution < -0.4 is 10.1 Å². The summed E-state index contributed by atoms with van der Waals surface area (Å²) in [5, 5.41) is 11.6. The van der Waals surface area contributed by atoms with E-state index >= 15 is 0 Å². The first-order valence-electron chi connectivity index (χ1n) is 7.11. The number of nitrogens with one attached hydrogen (secondary N) is 1. The number of aryl methyl sites for hydroxylation is 1. The molecule has 1 N–H and O–H groups in total. The molecule has 0 fully saturated rings. The maximum absolute atomic E-state index is 5.72. The average Bonchev–Trinajstić information content (AvgIpc) is 2.96. The molecule has 5 nitrogen and oxygen atoms in total. The van der Waals surface area contributed by atoms with Crippen LogP contribution in [0, 0.1) is 0 Å². The molecule has 0 saturated heterocycles. The molecule has 2 aromatic rings. The lowest BCUT2D eigenvalue weighted by atomic mass is 10.2. The minimum Gasteiger partial charge on any atom is -0.497 e. The molecule has 0 radical (unpaired) electrons. The quantitative estimate of drug-likeness (QED) is 0.736. The second-order valence-corrected chi connectivity index (χ2v) is 5.55. The van der Waals surface area contributed by atoms with Crippen molar-refractivity contribution in [3.8, 4) is 17.2 Å². The SMILES string of the molecule is CCCNCCCc1nnc(-c2cc(OC)ccc2Br)o1. The number of benzene rings is 1. The Bertz CT molecular complexity index is 572. The molecule has 0 spiro atoms. The summed E-state index contributed by atoms with van der Waals surface area (Å²) in [4.78, 5) is 0. The van der Waals surface area contributed by atoms with Gasteiger partial charge in [0, 0.05) is 10.9 Å². The monoisotopic (exact) mass is 353 g/mol. The lowest BCUT2D eigenvalue weighted by molar-refractivity contribution is 0.414. The van der Waals surface area contributed by atoms with Gasteiger partial charge >= 0.3 is 0 Å². The fourth-order valence-electron chi connectivity index (χ4n) is 1.93. The van der Waals surface area contributed by atoms with E-state index in [0.717, 1.165) is 48.1 Å². The first-order valence-corrected chi connectivity index (χ1v) is 7.91. The Kier molecular flexibility index (Phi) is 6.20. The summed E-state index contributed by atoms with van der Waals surface area (Å²) in [6.07, 6.45) is 2.92. The van der Waals surface area contributed by atoms with Crippen LogP contribution in [0.4, 0.5) is 0 Å². The predicted octanol–water partition coefficient (Wildman–Crippen LogP) is 3.44. The van der Waals surface area contributed by atoms with Crippen molar-refractivity contribution in [2.24, 2.45) is 0 Å². The fourth-order valence-corrected chi connectivity index (χ4v) is 2.34. The van der Waals surface area contributed by atoms with E-state index in [4.69, 9.17) is 9.15 Å². The number of aromatic nitrogens is 2. The molecule has 114 valence electrons. The van der Waals surface area contributed by atoms with Gasteiger partial charge in [0.05, 0.1) is 12.7 Å². The van der Waals surface area contributed by atoms with E-state index in [0.29, 0.717) is 11.8 Å². The van der Waals surface area contributed by atoms with E-state index < -0.39 is 0 Å². The zero-order valence-electron chi connectivity index (χ0n) is 12.4. The van der Waals surface area contributed by atoms with Gasteiger partial charge in [-0.2, -0.15) is 0 Å². The molecule has 0 bridgehead atoms. The highest BCUT2D eigenvalue weighted by Crippen LogP contribution is 2.30. The van der Waals surface area contributed by atoms with Crippen molar-refractivity contribution in [3.63, 3.8) is 0 Å². The number of methoxy groups -OCH3 is 1. The van der Waals surface area contributed by atoms with Crippen LogP contribution in [0.5, 0.6) is 5.75 Å². The second kappa shape index (κ2) is 8.14. The summed E-state index contributed by atoms with van der Waals surface area (Å²) in [5.41, 5.74) is 0.845. The van der Waals surface area contributed by atoms with Crippen LogP contribution in [-0.4, -0.2) is 30.4 Å². The van der Waals surface area contributed by atoms with Crippen LogP contribution in [0.25, 0.3) is 11.5 Å². The van der Waals surface area contributed by atoms with Gasteiger partial charge in [-0.1, -0.05) is 6.92 Å². The summed E-state index contributed by atoms with van der Waals surface area (Å²) >= 11 is 3.49. The molecule has 6 heteroatoms. The van der Waals surface area contributed by atoms with E-state index in [-0.39, 0.29) is 0 Å². The zero-order valence-corrected chi connectivity index (χ0v) is 13.9. The Morgan fingerprint density at radius 3 is 2.90 bits per heavy atom. The molecule has 21 heavy (non-hydrogen) atoms. The number of nitrogens with zero attached hydrogens (tertiary/aromatic N) is 2. The third kappa shape index (κ3) is 4.54. The molecule has 0 aliphatic heterocycles. The lowest BCUT2D eigenvalue weighted by Crippen LogP contribution is -2.16. The van der Waals surface area contributed by atoms with Crippen LogP contribution in [0.1, 0.15) is 25.7 Å². The van der Waals surface area contributed by atoms with Gasteiger partial charge in [-0.15, -0.1) is 10.2 Å². The van der Waals surface area contributed by atoms with Crippen molar-refractivity contribution in [2.75, 3.05) is 20.2 Å². The maximum Gasteiger partial charge on any atom is 0.249 e. The summed E-state index contributed by atoms with van der Waals surface area (Å²) < 4.78 is 11.8. The van der Waals surface area contributed by atoms with E-state index in [1.54, 1.807) is 7.11 Å². The van der Waals surface area contributed by atoms with Crippen molar-refractivity contribution in [3.05, 3.63) is 28.6 Å². The predicted molar refractivity (Wildman–Crippen MR) is 85.5 cm³/mol. The number of halogens is 1. The standard InChI is InChI=1S/C15H20BrN3O2/c1-3-8-17-9-4-5-14-18-19-15(21-14)12-10-11(20-2)6-7-13(12)16/h6-7,10,17H,3-5,8-9H2,1-2H3. The zero-order chi connectivity index (χ0) is 15.1. The lowest BCUT2D eigenvalue weighted by Gasteiger charge is -2.03. The Balaban J connectivity index is 1.99. The Labute approximate surface area is 133 Å². The van der Waals surface area contributed by atoms with Gasteiger partial charge in [-0.25, -0.2) is 0 Å². The minimum absolute atomic E-state index is 0.511. The van der Waals surface area contributed by atoms with Gasteiger partial charge in [0.25, 0.3) is 0 Å². The topological polar surface area (TPSA) is 60.2 Å². The third-order valence-corrected chi connectivity index (χ3v) is 3.73. The number of rotatable bonds is 8. The smallest absolute Gasteiger partial charge is 0.249 e. The second-order valence-electron chi connectivity index (χ2n) is 4.70. The number of ether oxygens (including phenoxy) is 1. The number of hydrogen-bond acceptors (Lipinski definition) is 5. The van der Waals surface area contributed by atoms with Gasteiger partial charge in [0.1, 0.15) is 5.75 Å². The average molecular weight is 354 g/mol. The molecule has 1 aromatic carbocycles. The molecule has 2 rings (SSSR count). The molecule has 0 aliphatic rings. The summed E-state index contributed by atoms with van der Waals surface area (Å²) in [5.74, 6) is 1.94. The van der Waals surface area contributed by atoms with Crippen LogP contribution in [0.15, 0.2) is 27.1 Å². The maximum atomic E-state index is 5.72. The molecule has 0 atom stereocenters. The molecule has 0 amide bonds. The van der Waals surface area contributed by atoms with Crippen molar-refractivity contribution < 1.29 is 9.15 Å². The summed E-state index contributed by atoms with van der Waals surface area (Å²) in [6.45, 7) is 4.17. The van der Waals surface area contributed by atoms with Gasteiger partial charge in [0.2, 0.25) is 11.8 Å². The van der Waals surface area contributed by atoms with Gasteiger partial charge < -0.3 is 14.5 Å². The summed E-state index contributed by atoms with van der Waals surface area (Å²) in [6, 6.07) is 5.67. The first-order chi connectivity index (χ1) is 10.2. The highest BCUT2D eigenvalue weighted by atomic mass is 79.9. The Hall–Kier alpha value is -1.40. The first kappa shape index (κ1) is 16.0. The van der Waals surface area contributed by atoms with Crippen molar-refractivity contribution >= 4 is 15.9 Å². The van der Waals surface area contributed by atoms with Gasteiger partial charge in [-0.05, 0) is 60.1 Å². The normalized spacial score (nSPS) is 10.8. The third-order valence-electron chi connectivity index (χ3n) is 3.04. The van der Waals surface area contributed by atoms with E-state index in [1.807, 2.05) is 18.2 Å². The molecule has 1 heterocycles. The molecular weight excluding hydrogens is 334 g/mol. The Morgan fingerprint density at radius 1 is 1.29 bits per heavy atom.